The first-order chi connectivity index (χ1) is 14.8. The van der Waals surface area contributed by atoms with Gasteiger partial charge in [-0.1, -0.05) is 0 Å². The van der Waals surface area contributed by atoms with Crippen LogP contribution >= 0.6 is 0 Å². The van der Waals surface area contributed by atoms with Gasteiger partial charge in [0.1, 0.15) is 11.6 Å². The van der Waals surface area contributed by atoms with Gasteiger partial charge in [0.25, 0.3) is 11.7 Å². The van der Waals surface area contributed by atoms with Crippen molar-refractivity contribution in [1.82, 2.24) is 19.7 Å². The molecular weight excluding hydrogens is 407 g/mol. The molecule has 0 spiro atoms. The first kappa shape index (κ1) is 22.4. The summed E-state index contributed by atoms with van der Waals surface area (Å²) >= 11 is 0. The van der Waals surface area contributed by atoms with Crippen LogP contribution in [0.1, 0.15) is 43.1 Å². The van der Waals surface area contributed by atoms with Crippen LogP contribution in [0.15, 0.2) is 24.3 Å². The Balaban J connectivity index is 1.58. The highest BCUT2D eigenvalue weighted by atomic mass is 19.1. The Kier molecular flexibility index (Phi) is 6.98. The van der Waals surface area contributed by atoms with Crippen molar-refractivity contribution in [2.24, 2.45) is 5.92 Å². The van der Waals surface area contributed by atoms with Crippen molar-refractivity contribution in [1.29, 1.82) is 0 Å². The normalized spacial score (nSPS) is 15.4. The summed E-state index contributed by atoms with van der Waals surface area (Å²) in [6.07, 6.45) is -0.00740. The predicted octanol–water partition coefficient (Wildman–Crippen LogP) is 2.06. The van der Waals surface area contributed by atoms with E-state index in [0.717, 1.165) is 0 Å². The van der Waals surface area contributed by atoms with E-state index >= 15 is 0 Å². The summed E-state index contributed by atoms with van der Waals surface area (Å²) in [7, 11) is 0. The smallest absolute Gasteiger partial charge is 0.379 e. The van der Waals surface area contributed by atoms with Gasteiger partial charge in [-0.05, 0) is 57.9 Å². The van der Waals surface area contributed by atoms with Crippen LogP contribution in [0, 0.1) is 18.7 Å². The van der Waals surface area contributed by atoms with E-state index < -0.39 is 12.1 Å². The summed E-state index contributed by atoms with van der Waals surface area (Å²) in [6.45, 7) is 6.00. The van der Waals surface area contributed by atoms with Crippen molar-refractivity contribution in [2.45, 2.75) is 39.7 Å². The average molecular weight is 432 g/mol. The van der Waals surface area contributed by atoms with Gasteiger partial charge in [0.15, 0.2) is 6.10 Å². The molecule has 1 aliphatic heterocycles. The number of rotatable bonds is 6. The minimum absolute atomic E-state index is 0.192. The number of aryl methyl sites for hydroxylation is 1. The van der Waals surface area contributed by atoms with Crippen LogP contribution in [0.4, 0.5) is 4.39 Å². The summed E-state index contributed by atoms with van der Waals surface area (Å²) in [6, 6.07) is 5.58. The van der Waals surface area contributed by atoms with Crippen molar-refractivity contribution in [3.8, 4) is 5.69 Å². The van der Waals surface area contributed by atoms with Crippen molar-refractivity contribution in [3.63, 3.8) is 0 Å². The van der Waals surface area contributed by atoms with Gasteiger partial charge in [0.2, 0.25) is 0 Å². The number of carbonyl (C=O) groups excluding carboxylic acids is 3. The molecule has 0 unspecified atom stereocenters. The lowest BCUT2D eigenvalue weighted by atomic mass is 9.97. The molecule has 3 rings (SSSR count). The summed E-state index contributed by atoms with van der Waals surface area (Å²) in [5.41, 5.74) is 0.541. The van der Waals surface area contributed by atoms with E-state index in [1.807, 2.05) is 0 Å². The second kappa shape index (κ2) is 9.67. The topological polar surface area (TPSA) is 104 Å². The van der Waals surface area contributed by atoms with Crippen molar-refractivity contribution in [3.05, 3.63) is 41.7 Å². The Morgan fingerprint density at radius 1 is 1.19 bits per heavy atom. The van der Waals surface area contributed by atoms with Gasteiger partial charge in [-0.15, -0.1) is 5.10 Å². The lowest BCUT2D eigenvalue weighted by Gasteiger charge is -2.32. The molecule has 0 saturated carbocycles. The van der Waals surface area contributed by atoms with Gasteiger partial charge < -0.3 is 14.4 Å². The van der Waals surface area contributed by atoms with Crippen molar-refractivity contribution < 1.29 is 28.2 Å². The van der Waals surface area contributed by atoms with Crippen LogP contribution in [-0.2, 0) is 19.1 Å². The van der Waals surface area contributed by atoms with Gasteiger partial charge >= 0.3 is 11.9 Å². The molecule has 1 aliphatic rings. The Morgan fingerprint density at radius 3 is 2.45 bits per heavy atom. The predicted molar refractivity (Wildman–Crippen MR) is 107 cm³/mol. The number of esters is 2. The molecule has 166 valence electrons. The highest BCUT2D eigenvalue weighted by Crippen LogP contribution is 2.20. The zero-order valence-electron chi connectivity index (χ0n) is 17.7. The maximum Gasteiger partial charge on any atom is 0.379 e. The Hall–Kier alpha value is -3.30. The third-order valence-corrected chi connectivity index (χ3v) is 5.08. The van der Waals surface area contributed by atoms with E-state index in [9.17, 15) is 18.8 Å². The maximum atomic E-state index is 13.1. The van der Waals surface area contributed by atoms with Crippen LogP contribution in [-0.4, -0.2) is 63.3 Å². The third-order valence-electron chi connectivity index (χ3n) is 5.08. The van der Waals surface area contributed by atoms with Crippen LogP contribution in [0.5, 0.6) is 0 Å². The van der Waals surface area contributed by atoms with Gasteiger partial charge in [0, 0.05) is 13.1 Å². The number of carbonyl (C=O) groups is 3. The molecule has 1 aromatic carbocycles. The minimum atomic E-state index is -1.02. The second-order valence-electron chi connectivity index (χ2n) is 7.27. The molecule has 10 heteroatoms. The molecule has 0 radical (unpaired) electrons. The number of ether oxygens (including phenoxy) is 2. The quantitative estimate of drug-likeness (QED) is 0.644. The Morgan fingerprint density at radius 2 is 1.84 bits per heavy atom. The van der Waals surface area contributed by atoms with E-state index in [1.54, 1.807) is 18.7 Å². The average Bonchev–Trinajstić information content (AvgIpc) is 3.15. The summed E-state index contributed by atoms with van der Waals surface area (Å²) in [5, 5.41) is 4.11. The number of piperidine rings is 1. The molecule has 9 nitrogen and oxygen atoms in total. The highest BCUT2D eigenvalue weighted by Gasteiger charge is 2.32. The maximum absolute atomic E-state index is 13.1. The van der Waals surface area contributed by atoms with Gasteiger partial charge in [-0.3, -0.25) is 9.59 Å². The molecule has 0 aliphatic carbocycles. The number of benzene rings is 1. The fraction of sp³-hybridized carbons (Fsp3) is 0.476. The number of hydrogen-bond donors (Lipinski definition) is 0. The summed E-state index contributed by atoms with van der Waals surface area (Å²) in [5.74, 6) is -1.80. The third kappa shape index (κ3) is 5.25. The molecule has 1 fully saturated rings. The van der Waals surface area contributed by atoms with Crippen LogP contribution in [0.2, 0.25) is 0 Å². The molecule has 1 saturated heterocycles. The fourth-order valence-corrected chi connectivity index (χ4v) is 3.42. The monoisotopic (exact) mass is 432 g/mol. The Bertz CT molecular complexity index is 951. The zero-order chi connectivity index (χ0) is 22.5. The van der Waals surface area contributed by atoms with Crippen molar-refractivity contribution >= 4 is 17.8 Å². The standard InChI is InChI=1S/C21H25FN4O5/c1-4-30-20(28)15-9-11-25(12-10-15)19(27)13(2)31-21(29)18-23-14(3)26(24-18)17-7-5-16(22)6-8-17/h5-8,13,15H,4,9-12H2,1-3H3/t13-/m1/s1. The molecule has 1 amide bonds. The second-order valence-corrected chi connectivity index (χ2v) is 7.27. The fourth-order valence-electron chi connectivity index (χ4n) is 3.42. The molecule has 2 heterocycles. The zero-order valence-corrected chi connectivity index (χ0v) is 17.7. The lowest BCUT2D eigenvalue weighted by Crippen LogP contribution is -2.45. The lowest BCUT2D eigenvalue weighted by molar-refractivity contribution is -0.152. The van der Waals surface area contributed by atoms with Crippen LogP contribution in [0.25, 0.3) is 5.69 Å². The SMILES string of the molecule is CCOC(=O)C1CCN(C(=O)[C@@H](C)OC(=O)c2nc(C)n(-c3ccc(F)cc3)n2)CC1. The number of hydrogen-bond acceptors (Lipinski definition) is 7. The van der Waals surface area contributed by atoms with Crippen LogP contribution in [0.3, 0.4) is 0 Å². The molecule has 31 heavy (non-hydrogen) atoms. The van der Waals surface area contributed by atoms with E-state index in [-0.39, 0.29) is 29.4 Å². The number of amides is 1. The Labute approximate surface area is 179 Å². The molecule has 1 atom stereocenters. The highest BCUT2D eigenvalue weighted by molar-refractivity contribution is 5.89. The number of nitrogens with zero attached hydrogens (tertiary/aromatic N) is 4. The van der Waals surface area contributed by atoms with E-state index in [0.29, 0.717) is 44.0 Å². The van der Waals surface area contributed by atoms with Gasteiger partial charge in [-0.25, -0.2) is 18.9 Å². The van der Waals surface area contributed by atoms with E-state index in [2.05, 4.69) is 10.1 Å². The van der Waals surface area contributed by atoms with E-state index in [1.165, 1.54) is 35.9 Å². The molecular formula is C21H25FN4O5. The number of likely N-dealkylation sites (tertiary alicyclic amines) is 1. The molecule has 0 N–H and O–H groups in total. The summed E-state index contributed by atoms with van der Waals surface area (Å²) in [4.78, 5) is 42.6. The summed E-state index contributed by atoms with van der Waals surface area (Å²) < 4.78 is 24.8. The molecule has 1 aromatic heterocycles. The van der Waals surface area contributed by atoms with Crippen molar-refractivity contribution in [2.75, 3.05) is 19.7 Å². The first-order valence-electron chi connectivity index (χ1n) is 10.2. The molecule has 0 bridgehead atoms. The first-order valence-corrected chi connectivity index (χ1v) is 10.2. The van der Waals surface area contributed by atoms with Gasteiger partial charge in [-0.2, -0.15) is 0 Å². The minimum Gasteiger partial charge on any atom is -0.466 e. The molecule has 2 aromatic rings. The van der Waals surface area contributed by atoms with Crippen LogP contribution < -0.4 is 0 Å². The van der Waals surface area contributed by atoms with Gasteiger partial charge in [0.05, 0.1) is 18.2 Å². The van der Waals surface area contributed by atoms with E-state index in [4.69, 9.17) is 9.47 Å². The number of halogens is 1. The largest absolute Gasteiger partial charge is 0.466 e. The number of aromatic nitrogens is 3.